The summed E-state index contributed by atoms with van der Waals surface area (Å²) >= 11 is 2.94. The van der Waals surface area contributed by atoms with E-state index in [2.05, 4.69) is 84.1 Å². The van der Waals surface area contributed by atoms with Crippen LogP contribution in [0, 0.1) is 5.41 Å². The number of urea groups is 1. The second kappa shape index (κ2) is 22.2. The molecule has 1 unspecified atom stereocenters. The van der Waals surface area contributed by atoms with Crippen molar-refractivity contribution in [2.75, 3.05) is 50.9 Å². The minimum absolute atomic E-state index is 0.101. The Hall–Kier alpha value is -2.86. The van der Waals surface area contributed by atoms with E-state index in [1.165, 1.54) is 41.0 Å². The molecule has 0 spiro atoms. The summed E-state index contributed by atoms with van der Waals surface area (Å²) in [6.07, 6.45) is 6.22. The topological polar surface area (TPSA) is 145 Å². The van der Waals surface area contributed by atoms with Crippen LogP contribution in [-0.4, -0.2) is 78.1 Å². The lowest BCUT2D eigenvalue weighted by molar-refractivity contribution is -0.133. The van der Waals surface area contributed by atoms with Gasteiger partial charge in [-0.15, -0.1) is 11.8 Å². The number of hydrogen-bond acceptors (Lipinski definition) is 11. The molecular weight excluding hydrogens is 763 g/mol. The highest BCUT2D eigenvalue weighted by molar-refractivity contribution is 7.99. The third kappa shape index (κ3) is 14.5. The van der Waals surface area contributed by atoms with Crippen LogP contribution in [0.25, 0.3) is 0 Å². The molecule has 0 radical (unpaired) electrons. The lowest BCUT2D eigenvalue weighted by Crippen LogP contribution is -2.49. The predicted molar refractivity (Wildman–Crippen MR) is 221 cm³/mol. The van der Waals surface area contributed by atoms with Crippen LogP contribution in [0.2, 0.25) is 0 Å². The van der Waals surface area contributed by atoms with Crippen molar-refractivity contribution in [2.45, 2.75) is 94.6 Å². The van der Waals surface area contributed by atoms with Gasteiger partial charge in [0.05, 0.1) is 39.6 Å². The first-order valence-electron chi connectivity index (χ1n) is 18.6. The number of carbonyl (C=O) groups excluding carboxylic acids is 1. The number of nitrogens with one attached hydrogen (secondary N) is 2. The Kier molecular flexibility index (Phi) is 18.1. The molecule has 15 heteroatoms. The van der Waals surface area contributed by atoms with Gasteiger partial charge in [0.2, 0.25) is 0 Å². The van der Waals surface area contributed by atoms with Crippen molar-refractivity contribution in [1.29, 1.82) is 0 Å². The lowest BCUT2D eigenvalue weighted by Gasteiger charge is -2.35. The third-order valence-electron chi connectivity index (χ3n) is 9.97. The highest BCUT2D eigenvalue weighted by Crippen LogP contribution is 2.51. The van der Waals surface area contributed by atoms with Crippen LogP contribution in [0.5, 0.6) is 0 Å². The molecule has 55 heavy (non-hydrogen) atoms. The number of nitrogens with zero attached hydrogens (tertiary/aromatic N) is 1. The molecule has 2 aliphatic rings. The molecule has 3 N–H and O–H groups in total. The second-order valence-electron chi connectivity index (χ2n) is 14.1. The Morgan fingerprint density at radius 1 is 1.05 bits per heavy atom. The molecule has 0 bridgehead atoms. The molecule has 5 atom stereocenters. The average molecular weight is 820 g/mol. The van der Waals surface area contributed by atoms with Gasteiger partial charge < -0.3 is 25.0 Å². The number of thioether (sulfide) groups is 1. The molecule has 12 nitrogen and oxygen atoms in total. The Bertz CT molecular complexity index is 1730. The summed E-state index contributed by atoms with van der Waals surface area (Å²) in [7, 11) is 2.47. The zero-order valence-electron chi connectivity index (χ0n) is 32.7. The van der Waals surface area contributed by atoms with Crippen molar-refractivity contribution in [3.8, 4) is 0 Å². The van der Waals surface area contributed by atoms with Gasteiger partial charge >= 0.3 is 16.4 Å². The average Bonchev–Trinajstić information content (AvgIpc) is 3.34. The number of rotatable bonds is 16. The molecule has 2 heterocycles. The maximum atomic E-state index is 13.5. The minimum atomic E-state index is -4.16. The van der Waals surface area contributed by atoms with Gasteiger partial charge in [0.15, 0.2) is 12.3 Å². The summed E-state index contributed by atoms with van der Waals surface area (Å²) < 4.78 is 52.7. The van der Waals surface area contributed by atoms with Gasteiger partial charge in [-0.1, -0.05) is 69.2 Å². The first kappa shape index (κ1) is 44.8. The van der Waals surface area contributed by atoms with Crippen molar-refractivity contribution in [2.24, 2.45) is 5.41 Å². The fourth-order valence-electron chi connectivity index (χ4n) is 6.89. The number of unbranched alkanes of at least 4 members (excludes halogenated alkanes) is 1. The van der Waals surface area contributed by atoms with E-state index in [0.717, 1.165) is 49.3 Å². The normalized spacial score (nSPS) is 22.4. The standard InChI is InChI=1S/C39H53N3O5S2.CH4O4S/c1-6-8-19-39(7-2)24-35(34-21-31(42(3)4)17-18-36(34)48-27-39)29-15-12-16-30(20-29)40-38(43)41-37-23-32(22-33(47-37)26-46-49-44-5)45-25-28-13-10-9-11-14-28;1-5-6(2,3)4/h9-18,20-21,32-33,35,37H,6-8,19,22-27H2,1-5H3,(H2,40,41,43);1H3,(H,2,3,4)/t32?,33-,35+,37+,39-;/m0./s1. The van der Waals surface area contributed by atoms with E-state index in [1.807, 2.05) is 48.2 Å². The summed E-state index contributed by atoms with van der Waals surface area (Å²) in [6, 6.07) is 25.1. The Labute approximate surface area is 336 Å². The monoisotopic (exact) mass is 819 g/mol. The summed E-state index contributed by atoms with van der Waals surface area (Å²) in [5.41, 5.74) is 5.93. The molecule has 3 aromatic rings. The molecule has 2 aliphatic heterocycles. The van der Waals surface area contributed by atoms with Gasteiger partial charge in [0.25, 0.3) is 0 Å². The molecule has 1 fully saturated rings. The fourth-order valence-corrected chi connectivity index (χ4v) is 8.66. The second-order valence-corrected chi connectivity index (χ2v) is 17.0. The molecular formula is C40H57N3O9S3. The Morgan fingerprint density at radius 3 is 2.49 bits per heavy atom. The van der Waals surface area contributed by atoms with E-state index in [1.54, 1.807) is 7.11 Å². The van der Waals surface area contributed by atoms with Gasteiger partial charge in [-0.25, -0.2) is 4.79 Å². The smallest absolute Gasteiger partial charge is 0.378 e. The number of amides is 2. The number of ether oxygens (including phenoxy) is 2. The van der Waals surface area contributed by atoms with Crippen molar-refractivity contribution in [1.82, 2.24) is 5.32 Å². The first-order valence-corrected chi connectivity index (χ1v) is 21.7. The van der Waals surface area contributed by atoms with Crippen molar-refractivity contribution < 1.29 is 39.8 Å². The third-order valence-corrected chi connectivity index (χ3v) is 12.2. The Morgan fingerprint density at radius 2 is 1.82 bits per heavy atom. The SMILES string of the molecule is CCCC[C@]1(CC)CSc2ccc(N(C)C)cc2[C@@H](c2cccc(NC(=O)N[C@H]3CC(OCc4ccccc4)C[C@@H](COSOC)O3)c2)C1.COS(=O)(=O)O. The summed E-state index contributed by atoms with van der Waals surface area (Å²) in [4.78, 5) is 17.0. The molecule has 3 aromatic carbocycles. The number of benzene rings is 3. The number of anilines is 2. The van der Waals surface area contributed by atoms with E-state index in [9.17, 15) is 13.2 Å². The number of hydrogen-bond donors (Lipinski definition) is 3. The zero-order chi connectivity index (χ0) is 39.8. The predicted octanol–water partition coefficient (Wildman–Crippen LogP) is 8.84. The van der Waals surface area contributed by atoms with Crippen molar-refractivity contribution in [3.05, 3.63) is 89.5 Å². The minimum Gasteiger partial charge on any atom is -0.378 e. The van der Waals surface area contributed by atoms with E-state index in [4.69, 9.17) is 22.4 Å². The quantitative estimate of drug-likeness (QED) is 0.0722. The van der Waals surface area contributed by atoms with E-state index in [-0.39, 0.29) is 29.6 Å². The number of carbonyl (C=O) groups is 1. The molecule has 0 aliphatic carbocycles. The Balaban J connectivity index is 0.00000104. The van der Waals surface area contributed by atoms with Crippen LogP contribution in [0.1, 0.15) is 81.4 Å². The van der Waals surface area contributed by atoms with Crippen LogP contribution in [-0.2, 0) is 39.0 Å². The van der Waals surface area contributed by atoms with Gasteiger partial charge in [-0.05, 0) is 71.7 Å². The summed E-state index contributed by atoms with van der Waals surface area (Å²) in [6.45, 7) is 5.45. The van der Waals surface area contributed by atoms with Crippen LogP contribution in [0.4, 0.5) is 16.2 Å². The fraction of sp³-hybridized carbons (Fsp3) is 0.525. The number of fused-ring (bicyclic) bond motifs is 1. The largest absolute Gasteiger partial charge is 0.397 e. The highest BCUT2D eigenvalue weighted by atomic mass is 32.3. The molecule has 1 saturated heterocycles. The summed E-state index contributed by atoms with van der Waals surface area (Å²) in [5, 5.41) is 6.16. The molecule has 5 rings (SSSR count). The molecule has 304 valence electrons. The first-order chi connectivity index (χ1) is 26.4. The van der Waals surface area contributed by atoms with E-state index < -0.39 is 16.6 Å². The lowest BCUT2D eigenvalue weighted by atomic mass is 9.71. The summed E-state index contributed by atoms with van der Waals surface area (Å²) in [5.74, 6) is 1.35. The van der Waals surface area contributed by atoms with Gasteiger partial charge in [-0.2, -0.15) is 8.42 Å². The van der Waals surface area contributed by atoms with Crippen molar-refractivity contribution >= 4 is 51.9 Å². The van der Waals surface area contributed by atoms with Crippen LogP contribution >= 0.6 is 24.1 Å². The van der Waals surface area contributed by atoms with Crippen LogP contribution < -0.4 is 15.5 Å². The molecule has 0 saturated carbocycles. The van der Waals surface area contributed by atoms with Crippen LogP contribution in [0.15, 0.2) is 77.7 Å². The highest BCUT2D eigenvalue weighted by Gasteiger charge is 2.37. The van der Waals surface area contributed by atoms with E-state index in [0.29, 0.717) is 26.1 Å². The van der Waals surface area contributed by atoms with Gasteiger partial charge in [0, 0.05) is 54.9 Å². The van der Waals surface area contributed by atoms with Gasteiger partial charge in [0.1, 0.15) is 6.23 Å². The molecule has 0 aromatic heterocycles. The maximum Gasteiger partial charge on any atom is 0.397 e. The molecule has 2 amide bonds. The van der Waals surface area contributed by atoms with Gasteiger partial charge in [-0.3, -0.25) is 17.1 Å². The van der Waals surface area contributed by atoms with E-state index >= 15 is 0 Å². The van der Waals surface area contributed by atoms with Crippen LogP contribution in [0.3, 0.4) is 0 Å². The zero-order valence-corrected chi connectivity index (χ0v) is 35.1. The van der Waals surface area contributed by atoms with Crippen molar-refractivity contribution in [3.63, 3.8) is 0 Å². The maximum absolute atomic E-state index is 13.5.